The molecule has 0 bridgehead atoms. The first kappa shape index (κ1) is 19.7. The number of carbonyl (C=O) groups excluding carboxylic acids is 2. The maximum Gasteiger partial charge on any atom is 0.374 e. The highest BCUT2D eigenvalue weighted by atomic mass is 16.5. The highest BCUT2D eigenvalue weighted by Gasteiger charge is 2.16. The summed E-state index contributed by atoms with van der Waals surface area (Å²) in [6.45, 7) is 5.91. The highest BCUT2D eigenvalue weighted by Crippen LogP contribution is 2.19. The number of hydrogen-bond donors (Lipinski definition) is 1. The lowest BCUT2D eigenvalue weighted by Gasteiger charge is -2.15. The van der Waals surface area contributed by atoms with Gasteiger partial charge in [-0.25, -0.2) is 4.79 Å². The van der Waals surface area contributed by atoms with E-state index in [9.17, 15) is 9.59 Å². The average Bonchev–Trinajstić information content (AvgIpc) is 3.10. The van der Waals surface area contributed by atoms with Crippen molar-refractivity contribution < 1.29 is 18.7 Å². The van der Waals surface area contributed by atoms with Crippen LogP contribution < -0.4 is 5.32 Å². The van der Waals surface area contributed by atoms with E-state index in [-0.39, 0.29) is 24.3 Å². The molecule has 1 atom stereocenters. The number of nitrogens with one attached hydrogen (secondary N) is 1. The van der Waals surface area contributed by atoms with Crippen molar-refractivity contribution in [3.05, 3.63) is 71.5 Å². The van der Waals surface area contributed by atoms with Gasteiger partial charge in [-0.2, -0.15) is 0 Å². The SMILES string of the molecule is CC(C)Cc1ccc([C@@H](C)NC(=O)COC(=O)c2cc3ccccc3o2)cc1. The molecule has 1 heterocycles. The van der Waals surface area contributed by atoms with Gasteiger partial charge in [0.2, 0.25) is 5.76 Å². The third-order valence-electron chi connectivity index (χ3n) is 4.46. The third kappa shape index (κ3) is 5.00. The number of ether oxygens (including phenoxy) is 1. The van der Waals surface area contributed by atoms with Gasteiger partial charge in [-0.15, -0.1) is 0 Å². The van der Waals surface area contributed by atoms with E-state index in [4.69, 9.17) is 9.15 Å². The van der Waals surface area contributed by atoms with Gasteiger partial charge in [-0.05, 0) is 42.5 Å². The minimum atomic E-state index is -0.656. The largest absolute Gasteiger partial charge is 0.450 e. The number of fused-ring (bicyclic) bond motifs is 1. The molecule has 28 heavy (non-hydrogen) atoms. The molecular weight excluding hydrogens is 354 g/mol. The molecule has 0 spiro atoms. The molecule has 0 saturated carbocycles. The van der Waals surface area contributed by atoms with Crippen LogP contribution in [0.2, 0.25) is 0 Å². The van der Waals surface area contributed by atoms with E-state index in [1.165, 1.54) is 5.56 Å². The van der Waals surface area contributed by atoms with Crippen LogP contribution in [0.3, 0.4) is 0 Å². The number of rotatable bonds is 7. The minimum Gasteiger partial charge on any atom is -0.450 e. The molecule has 0 aliphatic heterocycles. The second-order valence-corrected chi connectivity index (χ2v) is 7.35. The van der Waals surface area contributed by atoms with E-state index in [0.29, 0.717) is 11.5 Å². The van der Waals surface area contributed by atoms with E-state index < -0.39 is 5.97 Å². The Labute approximate surface area is 164 Å². The summed E-state index contributed by atoms with van der Waals surface area (Å²) in [7, 11) is 0. The summed E-state index contributed by atoms with van der Waals surface area (Å²) in [4.78, 5) is 24.2. The van der Waals surface area contributed by atoms with Gasteiger partial charge in [0, 0.05) is 5.39 Å². The fraction of sp³-hybridized carbons (Fsp3) is 0.304. The van der Waals surface area contributed by atoms with Crippen molar-refractivity contribution in [3.63, 3.8) is 0 Å². The number of carbonyl (C=O) groups is 2. The molecule has 0 saturated heterocycles. The summed E-state index contributed by atoms with van der Waals surface area (Å²) in [5, 5.41) is 3.66. The van der Waals surface area contributed by atoms with Gasteiger partial charge in [-0.1, -0.05) is 56.3 Å². The number of furan rings is 1. The predicted octanol–water partition coefficient (Wildman–Crippen LogP) is 4.67. The maximum absolute atomic E-state index is 12.1. The first-order valence-electron chi connectivity index (χ1n) is 9.46. The summed E-state index contributed by atoms with van der Waals surface area (Å²) in [5.74, 6) is -0.326. The summed E-state index contributed by atoms with van der Waals surface area (Å²) in [5.41, 5.74) is 2.88. The zero-order chi connectivity index (χ0) is 20.1. The van der Waals surface area contributed by atoms with Crippen LogP contribution in [0.15, 0.2) is 59.0 Å². The average molecular weight is 379 g/mol. The lowest BCUT2D eigenvalue weighted by molar-refractivity contribution is -0.124. The minimum absolute atomic E-state index is 0.0859. The summed E-state index contributed by atoms with van der Waals surface area (Å²) < 4.78 is 10.5. The lowest BCUT2D eigenvalue weighted by atomic mass is 10.00. The van der Waals surface area contributed by atoms with Crippen molar-refractivity contribution in [1.29, 1.82) is 0 Å². The maximum atomic E-state index is 12.1. The van der Waals surface area contributed by atoms with Gasteiger partial charge in [-0.3, -0.25) is 4.79 Å². The zero-order valence-corrected chi connectivity index (χ0v) is 16.4. The van der Waals surface area contributed by atoms with Gasteiger partial charge >= 0.3 is 5.97 Å². The molecule has 5 heteroatoms. The standard InChI is InChI=1S/C23H25NO4/c1-15(2)12-17-8-10-18(11-9-17)16(3)24-22(25)14-27-23(26)21-13-19-6-4-5-7-20(19)28-21/h4-11,13,15-16H,12,14H2,1-3H3,(H,24,25)/t16-/m1/s1. The Kier molecular flexibility index (Phi) is 6.14. The van der Waals surface area contributed by atoms with Gasteiger partial charge in [0.05, 0.1) is 6.04 Å². The number of amides is 1. The molecule has 0 aliphatic rings. The molecule has 0 fully saturated rings. The van der Waals surface area contributed by atoms with Crippen LogP contribution in [0.4, 0.5) is 0 Å². The molecule has 5 nitrogen and oxygen atoms in total. The van der Waals surface area contributed by atoms with Crippen molar-refractivity contribution in [2.45, 2.75) is 33.2 Å². The number of hydrogen-bond acceptors (Lipinski definition) is 4. The molecule has 3 rings (SSSR count). The number of para-hydroxylation sites is 1. The van der Waals surface area contributed by atoms with Crippen molar-refractivity contribution in [2.24, 2.45) is 5.92 Å². The van der Waals surface area contributed by atoms with Crippen LogP contribution in [0.5, 0.6) is 0 Å². The molecule has 0 unspecified atom stereocenters. The quantitative estimate of drug-likeness (QED) is 0.606. The molecule has 0 aliphatic carbocycles. The smallest absolute Gasteiger partial charge is 0.374 e. The molecular formula is C23H25NO4. The Hall–Kier alpha value is -3.08. The van der Waals surface area contributed by atoms with Crippen LogP contribution in [-0.4, -0.2) is 18.5 Å². The van der Waals surface area contributed by atoms with E-state index in [1.807, 2.05) is 37.3 Å². The van der Waals surface area contributed by atoms with E-state index >= 15 is 0 Å². The highest BCUT2D eigenvalue weighted by molar-refractivity contribution is 5.93. The first-order valence-corrected chi connectivity index (χ1v) is 9.46. The molecule has 2 aromatic carbocycles. The first-order chi connectivity index (χ1) is 13.4. The molecule has 0 radical (unpaired) electrons. The molecule has 146 valence electrons. The number of esters is 1. The van der Waals surface area contributed by atoms with Crippen molar-refractivity contribution in [1.82, 2.24) is 5.32 Å². The molecule has 1 N–H and O–H groups in total. The Bertz CT molecular complexity index is 923. The van der Waals surface area contributed by atoms with Gasteiger partial charge in [0.15, 0.2) is 6.61 Å². The summed E-state index contributed by atoms with van der Waals surface area (Å²) >= 11 is 0. The predicted molar refractivity (Wildman–Crippen MR) is 108 cm³/mol. The Balaban J connectivity index is 1.51. The second-order valence-electron chi connectivity index (χ2n) is 7.35. The van der Waals surface area contributed by atoms with Crippen LogP contribution >= 0.6 is 0 Å². The van der Waals surface area contributed by atoms with Crippen molar-refractivity contribution >= 4 is 22.8 Å². The van der Waals surface area contributed by atoms with Gasteiger partial charge in [0.1, 0.15) is 5.58 Å². The van der Waals surface area contributed by atoms with Gasteiger partial charge in [0.25, 0.3) is 5.91 Å². The van der Waals surface area contributed by atoms with Crippen LogP contribution in [0.25, 0.3) is 11.0 Å². The van der Waals surface area contributed by atoms with Crippen LogP contribution in [0.1, 0.15) is 48.5 Å². The molecule has 1 aromatic heterocycles. The Morgan fingerprint density at radius 1 is 1.04 bits per heavy atom. The van der Waals surface area contributed by atoms with Gasteiger partial charge < -0.3 is 14.5 Å². The monoisotopic (exact) mass is 379 g/mol. The van der Waals surface area contributed by atoms with E-state index in [1.54, 1.807) is 12.1 Å². The van der Waals surface area contributed by atoms with Crippen LogP contribution in [-0.2, 0) is 16.0 Å². The third-order valence-corrected chi connectivity index (χ3v) is 4.46. The van der Waals surface area contributed by atoms with E-state index in [0.717, 1.165) is 17.4 Å². The molecule has 3 aromatic rings. The zero-order valence-electron chi connectivity index (χ0n) is 16.4. The number of benzene rings is 2. The fourth-order valence-electron chi connectivity index (χ4n) is 3.06. The summed E-state index contributed by atoms with van der Waals surface area (Å²) in [6.07, 6.45) is 1.03. The topological polar surface area (TPSA) is 68.5 Å². The Morgan fingerprint density at radius 2 is 1.75 bits per heavy atom. The fourth-order valence-corrected chi connectivity index (χ4v) is 3.06. The normalized spacial score (nSPS) is 12.1. The second kappa shape index (κ2) is 8.74. The van der Waals surface area contributed by atoms with E-state index in [2.05, 4.69) is 31.3 Å². The summed E-state index contributed by atoms with van der Waals surface area (Å²) in [6, 6.07) is 16.9. The molecule has 1 amide bonds. The van der Waals surface area contributed by atoms with Crippen LogP contribution in [0, 0.1) is 5.92 Å². The Morgan fingerprint density at radius 3 is 2.43 bits per heavy atom. The van der Waals surface area contributed by atoms with Crippen molar-refractivity contribution in [2.75, 3.05) is 6.61 Å². The van der Waals surface area contributed by atoms with Crippen molar-refractivity contribution in [3.8, 4) is 0 Å². The lowest BCUT2D eigenvalue weighted by Crippen LogP contribution is -2.31.